The van der Waals surface area contributed by atoms with Gasteiger partial charge in [0.1, 0.15) is 16.9 Å². The number of nitriles is 2. The summed E-state index contributed by atoms with van der Waals surface area (Å²) in [7, 11) is 0. The van der Waals surface area contributed by atoms with Gasteiger partial charge in [-0.05, 0) is 35.7 Å². The van der Waals surface area contributed by atoms with Crippen LogP contribution in [0.4, 0.5) is 0 Å². The highest BCUT2D eigenvalue weighted by atomic mass is 32.2. The van der Waals surface area contributed by atoms with E-state index in [4.69, 9.17) is 14.7 Å². The standard InChI is InChI=1S/C20H20N3O5S2/c1-3-9-23(13(2)24)16-17(28-19(25)14-7-5-4-6-8-14)18(30-12-22)15(10-29-11-21)27-20(16)26/h3-8,15-18,20H,1,9-10H2,2H3/q-1/t15-,16-,17-,18+,20+/m1/s1. The maximum Gasteiger partial charge on any atom is 0.338 e. The molecule has 1 saturated heterocycles. The van der Waals surface area contributed by atoms with E-state index in [1.807, 2.05) is 10.8 Å². The number of rotatable bonds is 8. The maximum atomic E-state index is 12.9. The second-order valence-corrected chi connectivity index (χ2v) is 8.07. The fourth-order valence-electron chi connectivity index (χ4n) is 3.17. The fraction of sp³-hybridized carbons (Fsp3) is 0.400. The molecule has 10 heteroatoms. The van der Waals surface area contributed by atoms with Gasteiger partial charge in [-0.25, -0.2) is 4.79 Å². The molecule has 0 spiro atoms. The number of carbonyl (C=O) groups is 2. The van der Waals surface area contributed by atoms with E-state index in [2.05, 4.69) is 6.58 Å². The smallest absolute Gasteiger partial charge is 0.338 e. The average molecular weight is 447 g/mol. The lowest BCUT2D eigenvalue weighted by Crippen LogP contribution is -2.68. The Morgan fingerprint density at radius 1 is 1.33 bits per heavy atom. The zero-order chi connectivity index (χ0) is 22.1. The Balaban J connectivity index is 2.45. The second kappa shape index (κ2) is 11.6. The molecule has 1 aromatic carbocycles. The normalized spacial score (nSPS) is 25.4. The van der Waals surface area contributed by atoms with Crippen molar-refractivity contribution in [1.82, 2.24) is 4.90 Å². The van der Waals surface area contributed by atoms with Gasteiger partial charge in [-0.15, -0.1) is 6.58 Å². The molecule has 1 aliphatic heterocycles. The Hall–Kier alpha value is -2.50. The van der Waals surface area contributed by atoms with Crippen LogP contribution in [0, 0.1) is 21.3 Å². The van der Waals surface area contributed by atoms with Gasteiger partial charge in [0.05, 0.1) is 23.0 Å². The average Bonchev–Trinajstić information content (AvgIpc) is 2.73. The summed E-state index contributed by atoms with van der Waals surface area (Å²) >= 11 is 1.66. The van der Waals surface area contributed by atoms with E-state index in [0.29, 0.717) is 0 Å². The molecule has 2 rings (SSSR count). The number of thioether (sulfide) groups is 2. The summed E-state index contributed by atoms with van der Waals surface area (Å²) in [4.78, 5) is 26.2. The van der Waals surface area contributed by atoms with Crippen molar-refractivity contribution in [2.75, 3.05) is 12.3 Å². The van der Waals surface area contributed by atoms with Crippen molar-refractivity contribution in [1.29, 1.82) is 10.5 Å². The van der Waals surface area contributed by atoms with Crippen molar-refractivity contribution in [2.24, 2.45) is 0 Å². The minimum Gasteiger partial charge on any atom is -0.829 e. The first-order valence-corrected chi connectivity index (χ1v) is 10.8. The number of thiocyanates is 2. The number of esters is 1. The zero-order valence-electron chi connectivity index (χ0n) is 16.2. The molecule has 1 aromatic rings. The van der Waals surface area contributed by atoms with Crippen LogP contribution in [0.1, 0.15) is 17.3 Å². The number of benzene rings is 1. The molecule has 1 amide bonds. The van der Waals surface area contributed by atoms with Gasteiger partial charge >= 0.3 is 5.97 Å². The highest BCUT2D eigenvalue weighted by Crippen LogP contribution is 2.34. The molecule has 1 fully saturated rings. The third kappa shape index (κ3) is 5.77. The first-order valence-electron chi connectivity index (χ1n) is 8.95. The lowest BCUT2D eigenvalue weighted by molar-refractivity contribution is -0.517. The molecular formula is C20H20N3O5S2-. The van der Waals surface area contributed by atoms with Crippen molar-refractivity contribution < 1.29 is 24.2 Å². The van der Waals surface area contributed by atoms with Crippen LogP contribution in [-0.4, -0.2) is 58.9 Å². The highest BCUT2D eigenvalue weighted by molar-refractivity contribution is 8.05. The Kier molecular flexibility index (Phi) is 9.21. The van der Waals surface area contributed by atoms with Crippen molar-refractivity contribution in [2.45, 2.75) is 36.7 Å². The van der Waals surface area contributed by atoms with Gasteiger partial charge in [0.2, 0.25) is 5.91 Å². The van der Waals surface area contributed by atoms with E-state index in [9.17, 15) is 20.0 Å². The molecule has 0 radical (unpaired) electrons. The number of nitrogens with zero attached hydrogens (tertiary/aromatic N) is 3. The summed E-state index contributed by atoms with van der Waals surface area (Å²) < 4.78 is 11.2. The largest absolute Gasteiger partial charge is 0.829 e. The molecule has 1 heterocycles. The monoisotopic (exact) mass is 446 g/mol. The maximum absolute atomic E-state index is 12.9. The van der Waals surface area contributed by atoms with Crippen LogP contribution in [0.5, 0.6) is 0 Å². The Labute approximate surface area is 183 Å². The van der Waals surface area contributed by atoms with Crippen LogP contribution >= 0.6 is 23.5 Å². The van der Waals surface area contributed by atoms with Crippen molar-refractivity contribution in [3.63, 3.8) is 0 Å². The predicted octanol–water partition coefficient (Wildman–Crippen LogP) is 1.50. The number of hydrogen-bond acceptors (Lipinski definition) is 9. The van der Waals surface area contributed by atoms with Gasteiger partial charge in [-0.1, -0.05) is 24.3 Å². The van der Waals surface area contributed by atoms with Crippen molar-refractivity contribution in [3.8, 4) is 10.8 Å². The molecule has 0 saturated carbocycles. The topological polar surface area (TPSA) is 126 Å². The molecule has 158 valence electrons. The summed E-state index contributed by atoms with van der Waals surface area (Å²) in [6.45, 7) is 4.94. The molecule has 0 aromatic heterocycles. The molecule has 0 unspecified atom stereocenters. The molecule has 5 atom stereocenters. The lowest BCUT2D eigenvalue weighted by Gasteiger charge is -2.51. The number of amides is 1. The molecule has 8 nitrogen and oxygen atoms in total. The van der Waals surface area contributed by atoms with Gasteiger partial charge < -0.3 is 19.5 Å². The van der Waals surface area contributed by atoms with Crippen LogP contribution in [0.15, 0.2) is 43.0 Å². The van der Waals surface area contributed by atoms with Crippen LogP contribution in [0.2, 0.25) is 0 Å². The number of hydrogen-bond donors (Lipinski definition) is 0. The van der Waals surface area contributed by atoms with Crippen LogP contribution in [0.25, 0.3) is 0 Å². The van der Waals surface area contributed by atoms with Crippen LogP contribution in [0.3, 0.4) is 0 Å². The first-order chi connectivity index (χ1) is 14.4. The van der Waals surface area contributed by atoms with Crippen LogP contribution in [-0.2, 0) is 14.3 Å². The number of carbonyl (C=O) groups excluding carboxylic acids is 2. The van der Waals surface area contributed by atoms with Gasteiger partial charge in [0.15, 0.2) is 0 Å². The van der Waals surface area contributed by atoms with E-state index in [0.717, 1.165) is 23.5 Å². The van der Waals surface area contributed by atoms with Gasteiger partial charge in [-0.2, -0.15) is 10.5 Å². The predicted molar refractivity (Wildman–Crippen MR) is 111 cm³/mol. The van der Waals surface area contributed by atoms with Gasteiger partial charge in [0, 0.05) is 25.5 Å². The lowest BCUT2D eigenvalue weighted by atomic mass is 9.97. The van der Waals surface area contributed by atoms with Crippen molar-refractivity contribution >= 4 is 35.4 Å². The summed E-state index contributed by atoms with van der Waals surface area (Å²) in [5.41, 5.74) is 0.270. The van der Waals surface area contributed by atoms with E-state index in [1.165, 1.54) is 17.9 Å². The molecular weight excluding hydrogens is 426 g/mol. The summed E-state index contributed by atoms with van der Waals surface area (Å²) in [5, 5.41) is 34.2. The molecule has 30 heavy (non-hydrogen) atoms. The summed E-state index contributed by atoms with van der Waals surface area (Å²) in [5.74, 6) is -0.991. The van der Waals surface area contributed by atoms with Gasteiger partial charge in [0.25, 0.3) is 0 Å². The van der Waals surface area contributed by atoms with Crippen molar-refractivity contribution in [3.05, 3.63) is 48.6 Å². The van der Waals surface area contributed by atoms with E-state index in [-0.39, 0.29) is 17.9 Å². The van der Waals surface area contributed by atoms with E-state index < -0.39 is 41.7 Å². The SMILES string of the molecule is C=CCN(C(C)=O)[C@@H]1[C@@H](OC(=O)c2ccccc2)[C@@H](SC#N)[C@@H](CSC#N)O[C@@H]1[O-]. The molecule has 0 bridgehead atoms. The minimum atomic E-state index is -1.73. The Morgan fingerprint density at radius 2 is 2.03 bits per heavy atom. The van der Waals surface area contributed by atoms with E-state index in [1.54, 1.807) is 30.3 Å². The highest BCUT2D eigenvalue weighted by Gasteiger charge is 2.48. The van der Waals surface area contributed by atoms with E-state index >= 15 is 0 Å². The Morgan fingerprint density at radius 3 is 2.60 bits per heavy atom. The van der Waals surface area contributed by atoms with Crippen LogP contribution < -0.4 is 5.11 Å². The summed E-state index contributed by atoms with van der Waals surface area (Å²) in [6.07, 6.45) is -2.22. The molecule has 0 N–H and O–H groups in total. The second-order valence-electron chi connectivity index (χ2n) is 6.31. The molecule has 0 aliphatic carbocycles. The minimum absolute atomic E-state index is 0.0447. The first kappa shape index (κ1) is 23.8. The molecule has 1 aliphatic rings. The third-order valence-electron chi connectivity index (χ3n) is 4.46. The fourth-order valence-corrected chi connectivity index (χ4v) is 4.61. The quantitative estimate of drug-likeness (QED) is 0.331. The summed E-state index contributed by atoms with van der Waals surface area (Å²) in [6, 6.07) is 7.04. The van der Waals surface area contributed by atoms with Gasteiger partial charge in [-0.3, -0.25) is 4.79 Å². The zero-order valence-corrected chi connectivity index (χ0v) is 17.8. The Bertz CT molecular complexity index is 839. The number of ether oxygens (including phenoxy) is 2. The third-order valence-corrected chi connectivity index (χ3v) is 6.03.